The molecule has 0 fully saturated rings. The number of nitrogen functional groups attached to an aromatic ring is 1. The van der Waals surface area contributed by atoms with Gasteiger partial charge in [-0.15, -0.1) is 10.2 Å². The third-order valence-corrected chi connectivity index (χ3v) is 3.94. The highest BCUT2D eigenvalue weighted by Crippen LogP contribution is 2.22. The fourth-order valence-corrected chi connectivity index (χ4v) is 2.57. The lowest BCUT2D eigenvalue weighted by Gasteiger charge is -2.09. The lowest BCUT2D eigenvalue weighted by Crippen LogP contribution is -2.13. The van der Waals surface area contributed by atoms with Gasteiger partial charge in [0.1, 0.15) is 5.75 Å². The number of nitrogens with two attached hydrogens (primary N) is 1. The van der Waals surface area contributed by atoms with Crippen LogP contribution in [0.5, 0.6) is 5.75 Å². The summed E-state index contributed by atoms with van der Waals surface area (Å²) in [5.74, 6) is 8.97. The van der Waals surface area contributed by atoms with E-state index in [0.717, 1.165) is 35.5 Å². The summed E-state index contributed by atoms with van der Waals surface area (Å²) in [6.45, 7) is 7.03. The molecule has 0 radical (unpaired) electrons. The van der Waals surface area contributed by atoms with Crippen LogP contribution in [0.15, 0.2) is 29.4 Å². The molecule has 21 heavy (non-hydrogen) atoms. The Morgan fingerprint density at radius 1 is 1.24 bits per heavy atom. The molecule has 0 atom stereocenters. The molecule has 0 saturated heterocycles. The van der Waals surface area contributed by atoms with E-state index in [9.17, 15) is 0 Å². The van der Waals surface area contributed by atoms with E-state index in [1.165, 1.54) is 5.56 Å². The number of aryl methyl sites for hydroxylation is 1. The molecule has 1 heterocycles. The quantitative estimate of drug-likeness (QED) is 0.629. The number of aromatic nitrogens is 3. The first-order valence-electron chi connectivity index (χ1n) is 7.14. The van der Waals surface area contributed by atoms with E-state index in [1.54, 1.807) is 16.4 Å². The van der Waals surface area contributed by atoms with Gasteiger partial charge in [-0.1, -0.05) is 44.7 Å². The Morgan fingerprint density at radius 3 is 2.52 bits per heavy atom. The fraction of sp³-hybridized carbons (Fsp3) is 0.467. The fourth-order valence-electron chi connectivity index (χ4n) is 1.74. The highest BCUT2D eigenvalue weighted by atomic mass is 32.2. The summed E-state index contributed by atoms with van der Waals surface area (Å²) in [4.78, 5) is 0. The molecule has 0 spiro atoms. The Bertz CT molecular complexity index is 566. The zero-order valence-electron chi connectivity index (χ0n) is 12.7. The highest BCUT2D eigenvalue weighted by molar-refractivity contribution is 7.98. The minimum absolute atomic E-state index is 0.531. The standard InChI is InChI=1S/C15H22N4OS/c1-4-14-17-18-15(19(14)16)21-10-12-5-7-13(8-6-12)20-9-11(2)3/h5-8,11H,4,9-10,16H2,1-3H3. The van der Waals surface area contributed by atoms with Gasteiger partial charge in [-0.05, 0) is 23.6 Å². The van der Waals surface area contributed by atoms with E-state index in [0.29, 0.717) is 5.92 Å². The van der Waals surface area contributed by atoms with E-state index in [4.69, 9.17) is 10.6 Å². The molecule has 2 N–H and O–H groups in total. The van der Waals surface area contributed by atoms with Crippen LogP contribution in [0.2, 0.25) is 0 Å². The van der Waals surface area contributed by atoms with E-state index < -0.39 is 0 Å². The molecule has 1 aromatic carbocycles. The van der Waals surface area contributed by atoms with Crippen molar-refractivity contribution in [1.82, 2.24) is 14.9 Å². The zero-order chi connectivity index (χ0) is 15.2. The maximum absolute atomic E-state index is 5.92. The smallest absolute Gasteiger partial charge is 0.210 e. The van der Waals surface area contributed by atoms with Gasteiger partial charge >= 0.3 is 0 Å². The Kier molecular flexibility index (Phi) is 5.50. The van der Waals surface area contributed by atoms with Gasteiger partial charge in [-0.2, -0.15) is 0 Å². The summed E-state index contributed by atoms with van der Waals surface area (Å²) in [5, 5.41) is 8.89. The summed E-state index contributed by atoms with van der Waals surface area (Å²) in [7, 11) is 0. The van der Waals surface area contributed by atoms with Crippen LogP contribution in [0.1, 0.15) is 32.2 Å². The number of thioether (sulfide) groups is 1. The first kappa shape index (κ1) is 15.7. The second-order valence-electron chi connectivity index (χ2n) is 5.26. The molecule has 5 nitrogen and oxygen atoms in total. The largest absolute Gasteiger partial charge is 0.493 e. The Balaban J connectivity index is 1.89. The molecular formula is C15H22N4OS. The average Bonchev–Trinajstić information content (AvgIpc) is 2.84. The number of rotatable bonds is 7. The molecule has 0 saturated carbocycles. The molecule has 0 amide bonds. The average molecular weight is 306 g/mol. The number of hydrogen-bond acceptors (Lipinski definition) is 5. The first-order chi connectivity index (χ1) is 10.1. The van der Waals surface area contributed by atoms with Gasteiger partial charge in [0.05, 0.1) is 6.61 Å². The van der Waals surface area contributed by atoms with Crippen LogP contribution in [-0.4, -0.2) is 21.5 Å². The Labute approximate surface area is 129 Å². The summed E-state index contributed by atoms with van der Waals surface area (Å²) in [6.07, 6.45) is 0.784. The Morgan fingerprint density at radius 2 is 1.95 bits per heavy atom. The van der Waals surface area contributed by atoms with E-state index in [1.807, 2.05) is 19.1 Å². The van der Waals surface area contributed by atoms with Crippen molar-refractivity contribution in [3.05, 3.63) is 35.7 Å². The van der Waals surface area contributed by atoms with Crippen molar-refractivity contribution in [2.75, 3.05) is 12.4 Å². The molecular weight excluding hydrogens is 284 g/mol. The third kappa shape index (κ3) is 4.39. The summed E-state index contributed by atoms with van der Waals surface area (Å²) in [6, 6.07) is 8.15. The molecule has 0 bridgehead atoms. The van der Waals surface area contributed by atoms with E-state index in [2.05, 4.69) is 36.2 Å². The van der Waals surface area contributed by atoms with E-state index >= 15 is 0 Å². The molecule has 0 aliphatic heterocycles. The van der Waals surface area contributed by atoms with Crippen LogP contribution < -0.4 is 10.6 Å². The predicted molar refractivity (Wildman–Crippen MR) is 85.9 cm³/mol. The van der Waals surface area contributed by atoms with Crippen LogP contribution in [0, 0.1) is 5.92 Å². The van der Waals surface area contributed by atoms with Crippen molar-refractivity contribution < 1.29 is 4.74 Å². The topological polar surface area (TPSA) is 66.0 Å². The van der Waals surface area contributed by atoms with Crippen molar-refractivity contribution in [3.63, 3.8) is 0 Å². The van der Waals surface area contributed by atoms with Crippen LogP contribution in [0.25, 0.3) is 0 Å². The monoisotopic (exact) mass is 306 g/mol. The van der Waals surface area contributed by atoms with Gasteiger partial charge in [0.15, 0.2) is 5.82 Å². The molecule has 0 unspecified atom stereocenters. The molecule has 0 aliphatic rings. The number of benzene rings is 1. The second kappa shape index (κ2) is 7.36. The maximum atomic E-state index is 5.92. The van der Waals surface area contributed by atoms with Crippen molar-refractivity contribution in [2.45, 2.75) is 38.1 Å². The van der Waals surface area contributed by atoms with Gasteiger partial charge in [-0.3, -0.25) is 0 Å². The number of nitrogens with zero attached hydrogens (tertiary/aromatic N) is 3. The number of ether oxygens (including phenoxy) is 1. The first-order valence-corrected chi connectivity index (χ1v) is 8.12. The predicted octanol–water partition coefficient (Wildman–Crippen LogP) is 2.88. The number of hydrogen-bond donors (Lipinski definition) is 1. The maximum Gasteiger partial charge on any atom is 0.210 e. The van der Waals surface area contributed by atoms with Crippen molar-refractivity contribution in [2.24, 2.45) is 5.92 Å². The van der Waals surface area contributed by atoms with Gasteiger partial charge in [0.25, 0.3) is 0 Å². The van der Waals surface area contributed by atoms with Gasteiger partial charge in [0.2, 0.25) is 5.16 Å². The van der Waals surface area contributed by atoms with Gasteiger partial charge in [0, 0.05) is 12.2 Å². The molecule has 0 aliphatic carbocycles. The van der Waals surface area contributed by atoms with Crippen molar-refractivity contribution in [1.29, 1.82) is 0 Å². The molecule has 2 rings (SSSR count). The summed E-state index contributed by atoms with van der Waals surface area (Å²) in [5.41, 5.74) is 1.21. The summed E-state index contributed by atoms with van der Waals surface area (Å²) < 4.78 is 7.23. The van der Waals surface area contributed by atoms with Crippen molar-refractivity contribution in [3.8, 4) is 5.75 Å². The highest BCUT2D eigenvalue weighted by Gasteiger charge is 2.08. The van der Waals surface area contributed by atoms with Crippen LogP contribution in [-0.2, 0) is 12.2 Å². The third-order valence-electron chi connectivity index (χ3n) is 2.93. The lowest BCUT2D eigenvalue weighted by molar-refractivity contribution is 0.271. The van der Waals surface area contributed by atoms with Crippen LogP contribution in [0.3, 0.4) is 0 Å². The SMILES string of the molecule is CCc1nnc(SCc2ccc(OCC(C)C)cc2)n1N. The van der Waals surface area contributed by atoms with Crippen LogP contribution >= 0.6 is 11.8 Å². The molecule has 114 valence electrons. The van der Waals surface area contributed by atoms with Crippen molar-refractivity contribution >= 4 is 11.8 Å². The Hall–Kier alpha value is -1.69. The minimum Gasteiger partial charge on any atom is -0.493 e. The van der Waals surface area contributed by atoms with Gasteiger partial charge < -0.3 is 10.6 Å². The lowest BCUT2D eigenvalue weighted by atomic mass is 10.2. The minimum atomic E-state index is 0.531. The second-order valence-corrected chi connectivity index (χ2v) is 6.20. The van der Waals surface area contributed by atoms with Crippen LogP contribution in [0.4, 0.5) is 0 Å². The zero-order valence-corrected chi connectivity index (χ0v) is 13.6. The van der Waals surface area contributed by atoms with Gasteiger partial charge in [-0.25, -0.2) is 4.68 Å². The van der Waals surface area contributed by atoms with E-state index in [-0.39, 0.29) is 0 Å². The summed E-state index contributed by atoms with van der Waals surface area (Å²) >= 11 is 1.58. The molecule has 1 aromatic heterocycles. The molecule has 6 heteroatoms. The molecule has 2 aromatic rings. The normalized spacial score (nSPS) is 11.0.